The summed E-state index contributed by atoms with van der Waals surface area (Å²) in [6.07, 6.45) is 4.17. The van der Waals surface area contributed by atoms with E-state index in [2.05, 4.69) is 16.3 Å². The molecule has 0 saturated heterocycles. The van der Waals surface area contributed by atoms with Crippen molar-refractivity contribution in [2.24, 2.45) is 0 Å². The van der Waals surface area contributed by atoms with Gasteiger partial charge in [-0.3, -0.25) is 4.79 Å². The minimum absolute atomic E-state index is 0.131. The number of rotatable bonds is 4. The maximum Gasteiger partial charge on any atom is 0.227 e. The summed E-state index contributed by atoms with van der Waals surface area (Å²) in [6.45, 7) is 0.773. The Bertz CT molecular complexity index is 676. The van der Waals surface area contributed by atoms with Gasteiger partial charge >= 0.3 is 0 Å². The lowest BCUT2D eigenvalue weighted by Gasteiger charge is -2.16. The minimum atomic E-state index is 0.131. The van der Waals surface area contributed by atoms with E-state index in [0.717, 1.165) is 37.4 Å². The Balaban J connectivity index is 1.39. The number of carbonyl (C=O) groups excluding carboxylic acids is 1. The van der Waals surface area contributed by atoms with Crippen molar-refractivity contribution in [3.05, 3.63) is 41.6 Å². The van der Waals surface area contributed by atoms with E-state index < -0.39 is 0 Å². The molecule has 1 amide bonds. The maximum atomic E-state index is 12.4. The number of nitrogens with zero attached hydrogens (tertiary/aromatic N) is 3. The van der Waals surface area contributed by atoms with E-state index in [-0.39, 0.29) is 5.91 Å². The van der Waals surface area contributed by atoms with Crippen LogP contribution in [0.4, 0.5) is 5.69 Å². The first-order valence-corrected chi connectivity index (χ1v) is 7.52. The zero-order valence-electron chi connectivity index (χ0n) is 11.8. The van der Waals surface area contributed by atoms with Gasteiger partial charge in [-0.15, -0.1) is 10.2 Å². The molecule has 1 aromatic heterocycles. The van der Waals surface area contributed by atoms with Gasteiger partial charge in [0.05, 0.1) is 0 Å². The van der Waals surface area contributed by atoms with Gasteiger partial charge < -0.3 is 9.32 Å². The fourth-order valence-corrected chi connectivity index (χ4v) is 2.81. The quantitative estimate of drug-likeness (QED) is 0.865. The number of aryl methyl sites for hydroxylation is 1. The molecule has 1 saturated carbocycles. The Hall–Kier alpha value is -2.17. The minimum Gasteiger partial charge on any atom is -0.425 e. The predicted octanol–water partition coefficient (Wildman–Crippen LogP) is 2.47. The monoisotopic (exact) mass is 283 g/mol. The summed E-state index contributed by atoms with van der Waals surface area (Å²) in [5.41, 5.74) is 2.30. The molecular formula is C16H17N3O2. The van der Waals surface area contributed by atoms with Crippen LogP contribution in [0.25, 0.3) is 0 Å². The number of carbonyl (C=O) groups is 1. The van der Waals surface area contributed by atoms with E-state index in [1.54, 1.807) is 0 Å². The van der Waals surface area contributed by atoms with E-state index in [9.17, 15) is 4.79 Å². The van der Waals surface area contributed by atoms with E-state index >= 15 is 0 Å². The molecular weight excluding hydrogens is 266 g/mol. The van der Waals surface area contributed by atoms with Crippen LogP contribution in [0.3, 0.4) is 0 Å². The van der Waals surface area contributed by atoms with Crippen molar-refractivity contribution in [2.75, 3.05) is 11.4 Å². The standard InChI is InChI=1S/C16H17N3O2/c20-15(19-10-9-11-3-1-2-4-13(11)19)8-7-14-17-18-16(21-14)12-5-6-12/h1-4,12H,5-10H2. The second kappa shape index (κ2) is 4.98. The summed E-state index contributed by atoms with van der Waals surface area (Å²) < 4.78 is 5.60. The third kappa shape index (κ3) is 2.44. The van der Waals surface area contributed by atoms with Crippen molar-refractivity contribution < 1.29 is 9.21 Å². The number of hydrogen-bond donors (Lipinski definition) is 0. The van der Waals surface area contributed by atoms with Gasteiger partial charge in [0, 0.05) is 31.0 Å². The van der Waals surface area contributed by atoms with Crippen molar-refractivity contribution >= 4 is 11.6 Å². The van der Waals surface area contributed by atoms with Crippen molar-refractivity contribution in [2.45, 2.75) is 38.0 Å². The molecule has 0 unspecified atom stereocenters. The molecule has 108 valence electrons. The van der Waals surface area contributed by atoms with Gasteiger partial charge in [0.15, 0.2) is 0 Å². The van der Waals surface area contributed by atoms with Crippen LogP contribution in [0.1, 0.15) is 42.5 Å². The fraction of sp³-hybridized carbons (Fsp3) is 0.438. The Morgan fingerprint density at radius 1 is 1.29 bits per heavy atom. The van der Waals surface area contributed by atoms with Crippen molar-refractivity contribution in [3.63, 3.8) is 0 Å². The van der Waals surface area contributed by atoms with Crippen LogP contribution < -0.4 is 4.90 Å². The Kier molecular flexibility index (Phi) is 2.98. The number of hydrogen-bond acceptors (Lipinski definition) is 4. The van der Waals surface area contributed by atoms with Crippen LogP contribution in [-0.4, -0.2) is 22.6 Å². The molecule has 2 aromatic rings. The normalized spacial score (nSPS) is 17.0. The molecule has 2 heterocycles. The molecule has 0 radical (unpaired) electrons. The van der Waals surface area contributed by atoms with Crippen molar-refractivity contribution in [3.8, 4) is 0 Å². The largest absolute Gasteiger partial charge is 0.425 e. The third-order valence-corrected chi connectivity index (χ3v) is 4.15. The highest BCUT2D eigenvalue weighted by Crippen LogP contribution is 2.39. The van der Waals surface area contributed by atoms with Gasteiger partial charge in [0.2, 0.25) is 17.7 Å². The maximum absolute atomic E-state index is 12.4. The van der Waals surface area contributed by atoms with E-state index in [1.165, 1.54) is 5.56 Å². The molecule has 4 rings (SSSR count). The highest BCUT2D eigenvalue weighted by atomic mass is 16.4. The van der Waals surface area contributed by atoms with Crippen LogP contribution in [0.5, 0.6) is 0 Å². The topological polar surface area (TPSA) is 59.2 Å². The lowest BCUT2D eigenvalue weighted by Crippen LogP contribution is -2.29. The van der Waals surface area contributed by atoms with E-state index in [0.29, 0.717) is 24.7 Å². The molecule has 2 aliphatic rings. The van der Waals surface area contributed by atoms with Crippen LogP contribution in [0, 0.1) is 0 Å². The van der Waals surface area contributed by atoms with E-state index in [1.807, 2.05) is 23.1 Å². The average Bonchev–Trinajstić information content (AvgIpc) is 3.10. The number of anilines is 1. The molecule has 1 aromatic carbocycles. The van der Waals surface area contributed by atoms with E-state index in [4.69, 9.17) is 4.42 Å². The Morgan fingerprint density at radius 3 is 3.00 bits per heavy atom. The highest BCUT2D eigenvalue weighted by Gasteiger charge is 2.29. The van der Waals surface area contributed by atoms with Gasteiger partial charge in [0.1, 0.15) is 0 Å². The van der Waals surface area contributed by atoms with Crippen LogP contribution in [0.15, 0.2) is 28.7 Å². The number of aromatic nitrogens is 2. The molecule has 1 fully saturated rings. The second-order valence-electron chi connectivity index (χ2n) is 5.73. The second-order valence-corrected chi connectivity index (χ2v) is 5.73. The van der Waals surface area contributed by atoms with Gasteiger partial charge in [-0.2, -0.15) is 0 Å². The smallest absolute Gasteiger partial charge is 0.227 e. The van der Waals surface area contributed by atoms with Gasteiger partial charge in [-0.25, -0.2) is 0 Å². The van der Waals surface area contributed by atoms with Gasteiger partial charge in [-0.1, -0.05) is 18.2 Å². The first kappa shape index (κ1) is 12.6. The van der Waals surface area contributed by atoms with Crippen LogP contribution >= 0.6 is 0 Å². The molecule has 0 bridgehead atoms. The Labute approximate surface area is 123 Å². The third-order valence-electron chi connectivity index (χ3n) is 4.15. The lowest BCUT2D eigenvalue weighted by atomic mass is 10.2. The van der Waals surface area contributed by atoms with Gasteiger partial charge in [0.25, 0.3) is 0 Å². The fourth-order valence-electron chi connectivity index (χ4n) is 2.81. The first-order valence-electron chi connectivity index (χ1n) is 7.52. The molecule has 5 heteroatoms. The lowest BCUT2D eigenvalue weighted by molar-refractivity contribution is -0.118. The zero-order chi connectivity index (χ0) is 14.2. The number of fused-ring (bicyclic) bond motifs is 1. The molecule has 0 N–H and O–H groups in total. The molecule has 21 heavy (non-hydrogen) atoms. The first-order chi connectivity index (χ1) is 10.3. The average molecular weight is 283 g/mol. The summed E-state index contributed by atoms with van der Waals surface area (Å²) >= 11 is 0. The van der Waals surface area contributed by atoms with Crippen LogP contribution in [-0.2, 0) is 17.6 Å². The van der Waals surface area contributed by atoms with Crippen molar-refractivity contribution in [1.82, 2.24) is 10.2 Å². The highest BCUT2D eigenvalue weighted by molar-refractivity contribution is 5.95. The molecule has 1 aliphatic carbocycles. The Morgan fingerprint density at radius 2 is 2.14 bits per heavy atom. The molecule has 1 aliphatic heterocycles. The number of amides is 1. The number of benzene rings is 1. The summed E-state index contributed by atoms with van der Waals surface area (Å²) in [7, 11) is 0. The molecule has 0 spiro atoms. The van der Waals surface area contributed by atoms with Crippen molar-refractivity contribution in [1.29, 1.82) is 0 Å². The molecule has 5 nitrogen and oxygen atoms in total. The molecule has 0 atom stereocenters. The zero-order valence-corrected chi connectivity index (χ0v) is 11.8. The summed E-state index contributed by atoms with van der Waals surface area (Å²) in [4.78, 5) is 14.2. The number of para-hydroxylation sites is 1. The summed E-state index contributed by atoms with van der Waals surface area (Å²) in [6, 6.07) is 8.09. The predicted molar refractivity (Wildman–Crippen MR) is 77.1 cm³/mol. The summed E-state index contributed by atoms with van der Waals surface area (Å²) in [5, 5.41) is 8.08. The van der Waals surface area contributed by atoms with Crippen LogP contribution in [0.2, 0.25) is 0 Å². The SMILES string of the molecule is O=C(CCc1nnc(C2CC2)o1)N1CCc2ccccc21. The van der Waals surface area contributed by atoms with Gasteiger partial charge in [-0.05, 0) is 30.9 Å². The summed E-state index contributed by atoms with van der Waals surface area (Å²) in [5.74, 6) is 1.92.